The van der Waals surface area contributed by atoms with E-state index in [2.05, 4.69) is 53.2 Å². The molecule has 0 fully saturated rings. The van der Waals surface area contributed by atoms with Crippen LogP contribution >= 0.6 is 27.5 Å². The zero-order chi connectivity index (χ0) is 28.4. The Kier molecular flexibility index (Phi) is 12.2. The number of hydrogen-bond donors (Lipinski definition) is 4. The molecule has 1 aromatic heterocycles. The fourth-order valence-electron chi connectivity index (χ4n) is 3.86. The van der Waals surface area contributed by atoms with E-state index in [0.717, 1.165) is 42.8 Å². The normalized spacial score (nSPS) is 11.8. The van der Waals surface area contributed by atoms with Gasteiger partial charge in [0.05, 0.1) is 15.6 Å². The molecule has 0 saturated heterocycles. The van der Waals surface area contributed by atoms with Gasteiger partial charge in [0.1, 0.15) is 21.5 Å². The second-order valence-electron chi connectivity index (χ2n) is 9.19. The largest absolute Gasteiger partial charge is 0.507 e. The quantitative estimate of drug-likeness (QED) is 0.193. The van der Waals surface area contributed by atoms with Gasteiger partial charge in [0.25, 0.3) is 5.56 Å². The molecule has 0 amide bonds. The number of allylic oxidation sites excluding steroid dienone is 6. The van der Waals surface area contributed by atoms with Gasteiger partial charge in [-0.15, -0.1) is 0 Å². The highest BCUT2D eigenvalue weighted by atomic mass is 79.9. The van der Waals surface area contributed by atoms with Crippen molar-refractivity contribution in [1.29, 1.82) is 0 Å². The molecule has 6 nitrogen and oxygen atoms in total. The summed E-state index contributed by atoms with van der Waals surface area (Å²) < 4.78 is 5.04. The number of hydrogen-bond acceptors (Lipinski definition) is 5. The number of nitrogens with one attached hydrogen (secondary N) is 1. The summed E-state index contributed by atoms with van der Waals surface area (Å²) in [4.78, 5) is 13.6. The van der Waals surface area contributed by atoms with Gasteiger partial charge in [0.2, 0.25) is 0 Å². The lowest BCUT2D eigenvalue weighted by Gasteiger charge is -2.11. The standard InChI is InChI=1S/C28H33BrN2O4S.C2H6/c1-17(2)8-5-9-18(3)10-6-11-19(4)14-15-31-21-16-23(33)24(29)26(34)25(21)30-36-27-20(28(31)35)12-7-13-22(27)32;1-2/h7-8,10,12-14,16,30,32-34H,5-6,9,11,15H2,1-4H3;1-2H3/b18-10+,19-14+;. The van der Waals surface area contributed by atoms with Crippen LogP contribution in [-0.2, 0) is 6.54 Å². The molecule has 0 bridgehead atoms. The van der Waals surface area contributed by atoms with Crippen LogP contribution in [0, 0.1) is 0 Å². The Labute approximate surface area is 237 Å². The predicted molar refractivity (Wildman–Crippen MR) is 165 cm³/mol. The maximum absolute atomic E-state index is 13.6. The molecule has 8 heteroatoms. The smallest absolute Gasteiger partial charge is 0.260 e. The van der Waals surface area contributed by atoms with E-state index < -0.39 is 0 Å². The number of fused-ring (bicyclic) bond motifs is 2. The van der Waals surface area contributed by atoms with E-state index in [-0.39, 0.29) is 39.3 Å². The lowest BCUT2D eigenvalue weighted by atomic mass is 10.1. The van der Waals surface area contributed by atoms with Crippen LogP contribution in [-0.4, -0.2) is 24.3 Å². The van der Waals surface area contributed by atoms with Gasteiger partial charge in [-0.3, -0.25) is 4.79 Å². The Bertz CT molecular complexity index is 1470. The van der Waals surface area contributed by atoms with Gasteiger partial charge in [-0.25, -0.2) is 0 Å². The van der Waals surface area contributed by atoms with Crippen molar-refractivity contribution in [1.82, 2.24) is 8.94 Å². The van der Waals surface area contributed by atoms with Crippen LogP contribution in [0.1, 0.15) is 67.2 Å². The lowest BCUT2D eigenvalue weighted by Crippen LogP contribution is -2.19. The van der Waals surface area contributed by atoms with E-state index in [9.17, 15) is 20.1 Å². The van der Waals surface area contributed by atoms with Crippen LogP contribution in [0.25, 0.3) is 21.1 Å². The molecule has 38 heavy (non-hydrogen) atoms. The average Bonchev–Trinajstić information content (AvgIpc) is 2.87. The first-order valence-electron chi connectivity index (χ1n) is 12.9. The predicted octanol–water partition coefficient (Wildman–Crippen LogP) is 8.99. The lowest BCUT2D eigenvalue weighted by molar-refractivity contribution is 0.448. The molecule has 3 rings (SSSR count). The summed E-state index contributed by atoms with van der Waals surface area (Å²) in [5.74, 6) is -0.428. The van der Waals surface area contributed by atoms with Crippen LogP contribution in [0.2, 0.25) is 0 Å². The van der Waals surface area contributed by atoms with E-state index in [4.69, 9.17) is 0 Å². The summed E-state index contributed by atoms with van der Waals surface area (Å²) >= 11 is 4.22. The van der Waals surface area contributed by atoms with Gasteiger partial charge < -0.3 is 24.3 Å². The van der Waals surface area contributed by atoms with Crippen LogP contribution in [0.4, 0.5) is 0 Å². The molecule has 0 spiro atoms. The molecule has 0 unspecified atom stereocenters. The number of rotatable bonds is 8. The molecule has 0 atom stereocenters. The molecular formula is C30H39BrN2O4S. The summed E-state index contributed by atoms with van der Waals surface area (Å²) in [6, 6.07) is 6.23. The van der Waals surface area contributed by atoms with E-state index in [0.29, 0.717) is 15.6 Å². The monoisotopic (exact) mass is 602 g/mol. The van der Waals surface area contributed by atoms with Crippen molar-refractivity contribution in [2.45, 2.75) is 73.8 Å². The Hall–Kier alpha value is -2.97. The molecule has 206 valence electrons. The SMILES string of the molecule is CC.CC(C)=CCC/C(C)=C/CC/C(C)=C/Cn1c(=O)c2cccc(O)c2s[nH]c2c(O)c(Br)c(O)cc21. The highest BCUT2D eigenvalue weighted by Gasteiger charge is 2.15. The molecule has 0 aliphatic rings. The topological polar surface area (TPSA) is 98.5 Å². The summed E-state index contributed by atoms with van der Waals surface area (Å²) in [6.45, 7) is 12.7. The van der Waals surface area contributed by atoms with Gasteiger partial charge in [-0.1, -0.05) is 66.4 Å². The number of aromatic nitrogens is 2. The second-order valence-corrected chi connectivity index (χ2v) is 10.8. The zero-order valence-corrected chi connectivity index (χ0v) is 25.5. The van der Waals surface area contributed by atoms with E-state index in [1.807, 2.05) is 26.8 Å². The van der Waals surface area contributed by atoms with Gasteiger partial charge in [0, 0.05) is 12.6 Å². The van der Waals surface area contributed by atoms with Crippen LogP contribution < -0.4 is 5.56 Å². The van der Waals surface area contributed by atoms with Gasteiger partial charge in [-0.05, 0) is 81.4 Å². The first kappa shape index (κ1) is 31.2. The van der Waals surface area contributed by atoms with Crippen LogP contribution in [0.5, 0.6) is 17.2 Å². The maximum atomic E-state index is 13.6. The second kappa shape index (κ2) is 14.8. The van der Waals surface area contributed by atoms with Crippen molar-refractivity contribution in [3.63, 3.8) is 0 Å². The third kappa shape index (κ3) is 8.01. The first-order chi connectivity index (χ1) is 18.1. The molecule has 1 heterocycles. The fraction of sp³-hybridized carbons (Fsp3) is 0.367. The summed E-state index contributed by atoms with van der Waals surface area (Å²) in [7, 11) is 0. The number of halogens is 1. The van der Waals surface area contributed by atoms with E-state index in [1.165, 1.54) is 27.8 Å². The third-order valence-electron chi connectivity index (χ3n) is 5.96. The van der Waals surface area contributed by atoms with Crippen molar-refractivity contribution in [2.24, 2.45) is 0 Å². The zero-order valence-electron chi connectivity index (χ0n) is 23.1. The van der Waals surface area contributed by atoms with Crippen molar-refractivity contribution in [3.8, 4) is 17.2 Å². The molecule has 0 radical (unpaired) electrons. The maximum Gasteiger partial charge on any atom is 0.260 e. The molecule has 0 aliphatic heterocycles. The Morgan fingerprint density at radius 2 is 1.61 bits per heavy atom. The molecule has 0 aliphatic carbocycles. The molecule has 4 N–H and O–H groups in total. The summed E-state index contributed by atoms with van der Waals surface area (Å²) in [6.07, 6.45) is 10.4. The molecule has 3 aromatic rings. The van der Waals surface area contributed by atoms with E-state index >= 15 is 0 Å². The number of benzene rings is 2. The number of phenols is 3. The van der Waals surface area contributed by atoms with E-state index in [1.54, 1.807) is 12.1 Å². The highest BCUT2D eigenvalue weighted by Crippen LogP contribution is 2.38. The van der Waals surface area contributed by atoms with Gasteiger partial charge >= 0.3 is 0 Å². The Morgan fingerprint density at radius 3 is 2.26 bits per heavy atom. The number of phenolic OH excluding ortho intramolecular Hbond substituents is 3. The first-order valence-corrected chi connectivity index (χ1v) is 14.5. The number of aromatic amines is 1. The third-order valence-corrected chi connectivity index (χ3v) is 7.68. The number of aromatic hydroxyl groups is 3. The number of nitrogens with zero attached hydrogens (tertiary/aromatic N) is 1. The minimum Gasteiger partial charge on any atom is -0.507 e. The minimum atomic E-state index is -0.337. The summed E-state index contributed by atoms with van der Waals surface area (Å²) in [5, 5.41) is 31.8. The Morgan fingerprint density at radius 1 is 0.974 bits per heavy atom. The molecule has 2 aromatic carbocycles. The fourth-order valence-corrected chi connectivity index (χ4v) is 5.01. The van der Waals surface area contributed by atoms with Gasteiger partial charge in [0.15, 0.2) is 5.75 Å². The minimum absolute atomic E-state index is 0.0300. The average molecular weight is 604 g/mol. The summed E-state index contributed by atoms with van der Waals surface area (Å²) in [5.41, 5.74) is 4.11. The van der Waals surface area contributed by atoms with Crippen LogP contribution in [0.15, 0.2) is 68.5 Å². The van der Waals surface area contributed by atoms with Crippen molar-refractivity contribution in [2.75, 3.05) is 0 Å². The van der Waals surface area contributed by atoms with Crippen molar-refractivity contribution in [3.05, 3.63) is 74.0 Å². The molecule has 0 saturated carbocycles. The van der Waals surface area contributed by atoms with Crippen molar-refractivity contribution >= 4 is 48.6 Å². The van der Waals surface area contributed by atoms with Gasteiger partial charge in [-0.2, -0.15) is 0 Å². The number of H-pyrrole nitrogens is 1. The van der Waals surface area contributed by atoms with Crippen molar-refractivity contribution < 1.29 is 15.3 Å². The molecular weight excluding hydrogens is 564 g/mol. The Balaban J connectivity index is 0.00000247. The highest BCUT2D eigenvalue weighted by molar-refractivity contribution is 9.10. The van der Waals surface area contributed by atoms with Crippen LogP contribution in [0.3, 0.4) is 0 Å².